The summed E-state index contributed by atoms with van der Waals surface area (Å²) in [5, 5.41) is 18.9. The summed E-state index contributed by atoms with van der Waals surface area (Å²) in [6, 6.07) is 7.78. The maximum Gasteiger partial charge on any atom is 0.261 e. The zero-order valence-electron chi connectivity index (χ0n) is 23.9. The van der Waals surface area contributed by atoms with Gasteiger partial charge in [-0.15, -0.1) is 0 Å². The van der Waals surface area contributed by atoms with Gasteiger partial charge in [-0.1, -0.05) is 43.0 Å². The van der Waals surface area contributed by atoms with Crippen LogP contribution in [0.2, 0.25) is 5.02 Å². The van der Waals surface area contributed by atoms with Gasteiger partial charge in [-0.05, 0) is 86.8 Å². The molecular formula is C31H44ClN7O2. The Morgan fingerprint density at radius 3 is 2.34 bits per heavy atom. The molecule has 0 bridgehead atoms. The normalized spacial score (nSPS) is 24.0. The summed E-state index contributed by atoms with van der Waals surface area (Å²) in [5.41, 5.74) is 1.25. The van der Waals surface area contributed by atoms with Crippen molar-refractivity contribution in [2.75, 3.05) is 13.1 Å². The van der Waals surface area contributed by atoms with Crippen LogP contribution in [0.4, 0.5) is 0 Å². The van der Waals surface area contributed by atoms with Gasteiger partial charge in [0.25, 0.3) is 5.91 Å². The number of carbonyl (C=O) groups is 2. The van der Waals surface area contributed by atoms with Crippen LogP contribution in [0.15, 0.2) is 36.9 Å². The molecule has 10 heteroatoms. The lowest BCUT2D eigenvalue weighted by Crippen LogP contribution is -2.56. The second-order valence-electron chi connectivity index (χ2n) is 12.4. The molecule has 1 aromatic heterocycles. The summed E-state index contributed by atoms with van der Waals surface area (Å²) in [5.74, 6) is 0.511. The van der Waals surface area contributed by atoms with E-state index in [0.29, 0.717) is 17.4 Å². The van der Waals surface area contributed by atoms with Crippen LogP contribution >= 0.6 is 11.6 Å². The van der Waals surface area contributed by atoms with Crippen LogP contribution in [0.3, 0.4) is 0 Å². The van der Waals surface area contributed by atoms with Gasteiger partial charge in [0.2, 0.25) is 5.91 Å². The fourth-order valence-electron chi connectivity index (χ4n) is 7.45. The number of piperidine rings is 1. The Balaban J connectivity index is 1.25. The van der Waals surface area contributed by atoms with Crippen molar-refractivity contribution in [1.29, 1.82) is 5.41 Å². The Hall–Kier alpha value is -2.78. The Morgan fingerprint density at radius 2 is 1.71 bits per heavy atom. The number of aromatic nitrogens is 3. The SMILES string of the molecule is N=CC(=O)NC1CCC(N[C@H](Cc2ccc(Cl)cc2)C(=O)N2CCC(Cn3cncn3)(C3CCCCC3)CC2)CC1. The lowest BCUT2D eigenvalue weighted by Gasteiger charge is -2.48. The molecule has 2 aromatic rings. The van der Waals surface area contributed by atoms with Crippen molar-refractivity contribution in [3.63, 3.8) is 0 Å². The molecule has 9 nitrogen and oxygen atoms in total. The molecule has 5 rings (SSSR count). The van der Waals surface area contributed by atoms with E-state index in [1.165, 1.54) is 32.1 Å². The van der Waals surface area contributed by atoms with Crippen LogP contribution < -0.4 is 10.6 Å². The minimum Gasteiger partial charge on any atom is -0.349 e. The second-order valence-corrected chi connectivity index (χ2v) is 12.8. The Labute approximate surface area is 248 Å². The molecule has 0 spiro atoms. The van der Waals surface area contributed by atoms with Crippen LogP contribution in [0.25, 0.3) is 0 Å². The first-order chi connectivity index (χ1) is 19.9. The van der Waals surface area contributed by atoms with Gasteiger partial charge in [0.05, 0.1) is 12.3 Å². The summed E-state index contributed by atoms with van der Waals surface area (Å²) in [6.07, 6.45) is 16.8. The predicted molar refractivity (Wildman–Crippen MR) is 160 cm³/mol. The summed E-state index contributed by atoms with van der Waals surface area (Å²) < 4.78 is 2.00. The highest BCUT2D eigenvalue weighted by atomic mass is 35.5. The zero-order chi connectivity index (χ0) is 28.7. The van der Waals surface area contributed by atoms with Crippen molar-refractivity contribution in [2.45, 2.75) is 102 Å². The summed E-state index contributed by atoms with van der Waals surface area (Å²) in [6.45, 7) is 2.42. The number of nitrogens with zero attached hydrogens (tertiary/aromatic N) is 4. The van der Waals surface area contributed by atoms with Gasteiger partial charge in [-0.2, -0.15) is 5.10 Å². The summed E-state index contributed by atoms with van der Waals surface area (Å²) in [4.78, 5) is 32.0. The average molecular weight is 582 g/mol. The van der Waals surface area contributed by atoms with Gasteiger partial charge < -0.3 is 20.9 Å². The third-order valence-corrected chi connectivity index (χ3v) is 10.0. The Kier molecular flexibility index (Phi) is 10.1. The molecule has 1 aliphatic heterocycles. The first kappa shape index (κ1) is 29.7. The molecule has 3 aliphatic rings. The van der Waals surface area contributed by atoms with Crippen molar-refractivity contribution in [3.05, 3.63) is 47.5 Å². The van der Waals surface area contributed by atoms with E-state index in [1.807, 2.05) is 35.3 Å². The Bertz CT molecular complexity index is 1130. The summed E-state index contributed by atoms with van der Waals surface area (Å²) in [7, 11) is 0. The van der Waals surface area contributed by atoms with Crippen molar-refractivity contribution in [3.8, 4) is 0 Å². The Morgan fingerprint density at radius 1 is 1.02 bits per heavy atom. The lowest BCUT2D eigenvalue weighted by atomic mass is 9.63. The van der Waals surface area contributed by atoms with Crippen molar-refractivity contribution in [2.24, 2.45) is 11.3 Å². The molecule has 3 fully saturated rings. The van der Waals surface area contributed by atoms with E-state index < -0.39 is 0 Å². The number of likely N-dealkylation sites (tertiary alicyclic amines) is 1. The molecule has 0 unspecified atom stereocenters. The number of nitrogens with one attached hydrogen (secondary N) is 3. The fraction of sp³-hybridized carbons (Fsp3) is 0.645. The van der Waals surface area contributed by atoms with Crippen molar-refractivity contribution in [1.82, 2.24) is 30.3 Å². The number of halogens is 1. The van der Waals surface area contributed by atoms with Crippen LogP contribution in [0.5, 0.6) is 0 Å². The van der Waals surface area contributed by atoms with Gasteiger partial charge >= 0.3 is 0 Å². The van der Waals surface area contributed by atoms with Crippen molar-refractivity contribution >= 4 is 29.6 Å². The third-order valence-electron chi connectivity index (χ3n) is 9.78. The first-order valence-corrected chi connectivity index (χ1v) is 15.7. The number of carbonyl (C=O) groups excluding carboxylic acids is 2. The molecule has 1 atom stereocenters. The van der Waals surface area contributed by atoms with Crippen molar-refractivity contribution < 1.29 is 9.59 Å². The van der Waals surface area contributed by atoms with E-state index in [9.17, 15) is 9.59 Å². The van der Waals surface area contributed by atoms with E-state index in [1.54, 1.807) is 6.33 Å². The first-order valence-electron chi connectivity index (χ1n) is 15.4. The zero-order valence-corrected chi connectivity index (χ0v) is 24.7. The van der Waals surface area contributed by atoms with Gasteiger partial charge in [0.15, 0.2) is 0 Å². The van der Waals surface area contributed by atoms with Gasteiger partial charge in [0, 0.05) is 36.7 Å². The summed E-state index contributed by atoms with van der Waals surface area (Å²) >= 11 is 6.14. The predicted octanol–water partition coefficient (Wildman–Crippen LogP) is 4.40. The van der Waals surface area contributed by atoms with Crippen LogP contribution in [0, 0.1) is 16.7 Å². The quantitative estimate of drug-likeness (QED) is 0.360. The largest absolute Gasteiger partial charge is 0.349 e. The topological polar surface area (TPSA) is 116 Å². The molecule has 2 heterocycles. The second kappa shape index (κ2) is 13.9. The highest BCUT2D eigenvalue weighted by molar-refractivity contribution is 6.30. The highest BCUT2D eigenvalue weighted by Crippen LogP contribution is 2.47. The number of hydrogen-bond acceptors (Lipinski definition) is 6. The fourth-order valence-corrected chi connectivity index (χ4v) is 7.57. The molecule has 2 saturated carbocycles. The molecule has 3 N–H and O–H groups in total. The van der Waals surface area contributed by atoms with Crippen LogP contribution in [0.1, 0.15) is 76.2 Å². The molecule has 1 aromatic carbocycles. The number of hydrogen-bond donors (Lipinski definition) is 3. The van der Waals surface area contributed by atoms with Gasteiger partial charge in [0.1, 0.15) is 12.7 Å². The number of amides is 2. The standard InChI is InChI=1S/C31H44ClN7O2/c32-25-8-6-23(7-9-25)18-28(36-26-10-12-27(13-11-26)37-29(40)19-33)30(41)38-16-14-31(15-17-38,20-39-22-34-21-35-39)24-4-2-1-3-5-24/h6-9,19,21-22,24,26-28,33,36H,1-5,10-18,20H2,(H,37,40)/t26?,27?,28-/m1/s1. The molecule has 0 radical (unpaired) electrons. The van der Waals surface area contributed by atoms with E-state index in [2.05, 4.69) is 25.6 Å². The van der Waals surface area contributed by atoms with E-state index >= 15 is 0 Å². The molecule has 1 saturated heterocycles. The molecular weight excluding hydrogens is 538 g/mol. The van der Waals surface area contributed by atoms with Gasteiger partial charge in [-0.3, -0.25) is 14.3 Å². The minimum atomic E-state index is -0.338. The molecule has 222 valence electrons. The molecule has 2 aliphatic carbocycles. The molecule has 2 amide bonds. The van der Waals surface area contributed by atoms with E-state index in [-0.39, 0.29) is 35.4 Å². The minimum absolute atomic E-state index is 0.0903. The average Bonchev–Trinajstić information content (AvgIpc) is 3.52. The number of rotatable bonds is 10. The van der Waals surface area contributed by atoms with Crippen LogP contribution in [-0.4, -0.2) is 68.9 Å². The maximum absolute atomic E-state index is 14.1. The maximum atomic E-state index is 14.1. The van der Waals surface area contributed by atoms with E-state index in [0.717, 1.165) is 69.9 Å². The molecule has 41 heavy (non-hydrogen) atoms. The van der Waals surface area contributed by atoms with Crippen LogP contribution in [-0.2, 0) is 22.6 Å². The van der Waals surface area contributed by atoms with E-state index in [4.69, 9.17) is 17.0 Å². The monoisotopic (exact) mass is 581 g/mol. The lowest BCUT2D eigenvalue weighted by molar-refractivity contribution is -0.137. The highest BCUT2D eigenvalue weighted by Gasteiger charge is 2.44. The third kappa shape index (κ3) is 7.74. The van der Waals surface area contributed by atoms with Gasteiger partial charge in [-0.25, -0.2) is 4.98 Å². The smallest absolute Gasteiger partial charge is 0.261 e. The number of benzene rings is 1.